The van der Waals surface area contributed by atoms with Crippen LogP contribution in [0.3, 0.4) is 0 Å². The molecule has 1 fully saturated rings. The van der Waals surface area contributed by atoms with Crippen LogP contribution in [0, 0.1) is 11.8 Å². The summed E-state index contributed by atoms with van der Waals surface area (Å²) in [6, 6.07) is 1.11. The number of nitrogens with zero attached hydrogens (tertiary/aromatic N) is 1. The van der Waals surface area contributed by atoms with E-state index in [1.54, 1.807) is 11.3 Å². The van der Waals surface area contributed by atoms with Gasteiger partial charge < -0.3 is 5.32 Å². The van der Waals surface area contributed by atoms with E-state index in [0.717, 1.165) is 18.3 Å². The Labute approximate surface area is 109 Å². The first kappa shape index (κ1) is 13.0. The van der Waals surface area contributed by atoms with E-state index in [0.29, 0.717) is 12.1 Å². The van der Waals surface area contributed by atoms with Crippen molar-refractivity contribution in [3.8, 4) is 0 Å². The molecule has 1 N–H and O–H groups in total. The predicted octanol–water partition coefficient (Wildman–Crippen LogP) is 4.01. The minimum atomic E-state index is 0.447. The zero-order valence-corrected chi connectivity index (χ0v) is 12.0. The monoisotopic (exact) mass is 252 g/mol. The molecule has 0 radical (unpaired) electrons. The smallest absolute Gasteiger partial charge is 0.109 e. The lowest BCUT2D eigenvalue weighted by molar-refractivity contribution is 0.191. The molecule has 1 aromatic rings. The van der Waals surface area contributed by atoms with Gasteiger partial charge in [0.1, 0.15) is 5.01 Å². The van der Waals surface area contributed by atoms with Crippen LogP contribution in [0.25, 0.3) is 0 Å². The van der Waals surface area contributed by atoms with E-state index in [2.05, 4.69) is 36.5 Å². The molecule has 2 nitrogen and oxygen atoms in total. The highest BCUT2D eigenvalue weighted by Crippen LogP contribution is 2.31. The molecule has 1 aliphatic rings. The van der Waals surface area contributed by atoms with Crippen LogP contribution in [-0.4, -0.2) is 11.0 Å². The highest BCUT2D eigenvalue weighted by atomic mass is 32.1. The molecular weight excluding hydrogens is 228 g/mol. The number of hydrogen-bond acceptors (Lipinski definition) is 3. The molecule has 0 aliphatic heterocycles. The molecule has 0 amide bonds. The van der Waals surface area contributed by atoms with Gasteiger partial charge in [-0.2, -0.15) is 0 Å². The Balaban J connectivity index is 2.02. The third kappa shape index (κ3) is 3.08. The Bertz CT molecular complexity index is 313. The van der Waals surface area contributed by atoms with Crippen LogP contribution in [0.5, 0.6) is 0 Å². The van der Waals surface area contributed by atoms with E-state index in [4.69, 9.17) is 0 Å². The normalized spacial score (nSPS) is 31.4. The first-order valence-electron chi connectivity index (χ1n) is 6.87. The van der Waals surface area contributed by atoms with E-state index in [1.807, 2.05) is 6.20 Å². The number of aromatic nitrogens is 1. The first-order chi connectivity index (χ1) is 8.22. The van der Waals surface area contributed by atoms with Gasteiger partial charge in [0.15, 0.2) is 0 Å². The summed E-state index contributed by atoms with van der Waals surface area (Å²) in [4.78, 5) is 4.46. The summed E-state index contributed by atoms with van der Waals surface area (Å²) >= 11 is 1.77. The van der Waals surface area contributed by atoms with Crippen molar-refractivity contribution in [3.63, 3.8) is 0 Å². The van der Waals surface area contributed by atoms with Gasteiger partial charge in [-0.25, -0.2) is 4.98 Å². The fourth-order valence-electron chi connectivity index (χ4n) is 3.01. The van der Waals surface area contributed by atoms with Crippen molar-refractivity contribution in [3.05, 3.63) is 16.6 Å². The van der Waals surface area contributed by atoms with Crippen molar-refractivity contribution in [1.29, 1.82) is 0 Å². The SMILES string of the molecule is CCC(NC1C(C)CCCC1C)c1nccs1. The molecule has 0 spiro atoms. The highest BCUT2D eigenvalue weighted by Gasteiger charge is 2.29. The molecule has 0 aromatic carbocycles. The van der Waals surface area contributed by atoms with Gasteiger partial charge in [-0.1, -0.05) is 27.2 Å². The van der Waals surface area contributed by atoms with Gasteiger partial charge in [0.2, 0.25) is 0 Å². The third-order valence-electron chi connectivity index (χ3n) is 4.10. The average Bonchev–Trinajstić information content (AvgIpc) is 2.82. The second-order valence-corrected chi connectivity index (χ2v) is 6.34. The summed E-state index contributed by atoms with van der Waals surface area (Å²) in [5, 5.41) is 7.18. The van der Waals surface area contributed by atoms with Crippen molar-refractivity contribution in [2.45, 2.75) is 58.5 Å². The van der Waals surface area contributed by atoms with E-state index < -0.39 is 0 Å². The molecule has 3 atom stereocenters. The zero-order valence-electron chi connectivity index (χ0n) is 11.1. The van der Waals surface area contributed by atoms with Gasteiger partial charge in [-0.05, 0) is 31.1 Å². The van der Waals surface area contributed by atoms with Crippen LogP contribution in [0.15, 0.2) is 11.6 Å². The second kappa shape index (κ2) is 5.96. The van der Waals surface area contributed by atoms with Crippen LogP contribution >= 0.6 is 11.3 Å². The maximum Gasteiger partial charge on any atom is 0.109 e. The molecule has 3 heteroatoms. The van der Waals surface area contributed by atoms with Gasteiger partial charge in [0.05, 0.1) is 6.04 Å². The summed E-state index contributed by atoms with van der Waals surface area (Å²) in [6.07, 6.45) is 7.18. The van der Waals surface area contributed by atoms with E-state index in [-0.39, 0.29) is 0 Å². The van der Waals surface area contributed by atoms with Gasteiger partial charge in [0.25, 0.3) is 0 Å². The van der Waals surface area contributed by atoms with Crippen molar-refractivity contribution < 1.29 is 0 Å². The van der Waals surface area contributed by atoms with Crippen molar-refractivity contribution in [2.24, 2.45) is 11.8 Å². The molecule has 0 bridgehead atoms. The molecule has 96 valence electrons. The van der Waals surface area contributed by atoms with Gasteiger partial charge in [-0.15, -0.1) is 11.3 Å². The standard InChI is InChI=1S/C14H24N2S/c1-4-12(14-15-8-9-17-14)16-13-10(2)6-5-7-11(13)3/h8-13,16H,4-7H2,1-3H3. The Morgan fingerprint density at radius 2 is 2.12 bits per heavy atom. The summed E-state index contributed by atoms with van der Waals surface area (Å²) in [6.45, 7) is 7.03. The summed E-state index contributed by atoms with van der Waals surface area (Å²) in [7, 11) is 0. The second-order valence-electron chi connectivity index (χ2n) is 5.41. The third-order valence-corrected chi connectivity index (χ3v) is 4.99. The van der Waals surface area contributed by atoms with Crippen molar-refractivity contribution in [2.75, 3.05) is 0 Å². The molecule has 0 saturated heterocycles. The lowest BCUT2D eigenvalue weighted by Crippen LogP contribution is -2.44. The Morgan fingerprint density at radius 3 is 2.65 bits per heavy atom. The Hall–Kier alpha value is -0.410. The van der Waals surface area contributed by atoms with Crippen molar-refractivity contribution in [1.82, 2.24) is 10.3 Å². The van der Waals surface area contributed by atoms with E-state index >= 15 is 0 Å². The van der Waals surface area contributed by atoms with Crippen LogP contribution in [-0.2, 0) is 0 Å². The Kier molecular flexibility index (Phi) is 4.57. The van der Waals surface area contributed by atoms with Gasteiger partial charge in [0, 0.05) is 17.6 Å². The topological polar surface area (TPSA) is 24.9 Å². The minimum absolute atomic E-state index is 0.447. The fraction of sp³-hybridized carbons (Fsp3) is 0.786. The average molecular weight is 252 g/mol. The maximum absolute atomic E-state index is 4.46. The molecule has 1 aliphatic carbocycles. The van der Waals surface area contributed by atoms with E-state index in [1.165, 1.54) is 24.3 Å². The van der Waals surface area contributed by atoms with E-state index in [9.17, 15) is 0 Å². The largest absolute Gasteiger partial charge is 0.305 e. The summed E-state index contributed by atoms with van der Waals surface area (Å²) < 4.78 is 0. The maximum atomic E-state index is 4.46. The van der Waals surface area contributed by atoms with Crippen LogP contribution in [0.2, 0.25) is 0 Å². The zero-order chi connectivity index (χ0) is 12.3. The Morgan fingerprint density at radius 1 is 1.41 bits per heavy atom. The molecular formula is C14H24N2S. The molecule has 3 unspecified atom stereocenters. The first-order valence-corrected chi connectivity index (χ1v) is 7.75. The van der Waals surface area contributed by atoms with Crippen molar-refractivity contribution >= 4 is 11.3 Å². The molecule has 1 saturated carbocycles. The number of thiazole rings is 1. The predicted molar refractivity (Wildman–Crippen MR) is 74.2 cm³/mol. The molecule has 17 heavy (non-hydrogen) atoms. The molecule has 1 heterocycles. The number of hydrogen-bond donors (Lipinski definition) is 1. The lowest BCUT2D eigenvalue weighted by Gasteiger charge is -2.37. The number of rotatable bonds is 4. The van der Waals surface area contributed by atoms with Gasteiger partial charge >= 0.3 is 0 Å². The summed E-state index contributed by atoms with van der Waals surface area (Å²) in [5.74, 6) is 1.60. The van der Waals surface area contributed by atoms with Crippen LogP contribution in [0.4, 0.5) is 0 Å². The van der Waals surface area contributed by atoms with Crippen LogP contribution < -0.4 is 5.32 Å². The fourth-order valence-corrected chi connectivity index (χ4v) is 3.79. The quantitative estimate of drug-likeness (QED) is 0.876. The highest BCUT2D eigenvalue weighted by molar-refractivity contribution is 7.09. The number of nitrogens with one attached hydrogen (secondary N) is 1. The summed E-state index contributed by atoms with van der Waals surface area (Å²) in [5.41, 5.74) is 0. The molecule has 1 aromatic heterocycles. The van der Waals surface area contributed by atoms with Gasteiger partial charge in [-0.3, -0.25) is 0 Å². The van der Waals surface area contributed by atoms with Crippen LogP contribution in [0.1, 0.15) is 57.5 Å². The molecule has 2 rings (SSSR count). The minimum Gasteiger partial charge on any atom is -0.305 e. The lowest BCUT2D eigenvalue weighted by atomic mass is 9.78.